The van der Waals surface area contributed by atoms with Gasteiger partial charge in [-0.25, -0.2) is 0 Å². The number of nitrogens with zero attached hydrogens (tertiary/aromatic N) is 3. The minimum Gasteiger partial charge on any atom is -1.00 e. The Kier molecular flexibility index (Phi) is 39.8. The van der Waals surface area contributed by atoms with Crippen molar-refractivity contribution in [3.05, 3.63) is 158 Å². The Balaban J connectivity index is 0.000000436. The van der Waals surface area contributed by atoms with Gasteiger partial charge >= 0.3 is 0 Å². The highest BCUT2D eigenvalue weighted by molar-refractivity contribution is 7.14. The maximum absolute atomic E-state index is 11.1. The molecule has 0 aliphatic carbocycles. The van der Waals surface area contributed by atoms with E-state index in [1.807, 2.05) is 78.9 Å². The van der Waals surface area contributed by atoms with Crippen LogP contribution in [0.1, 0.15) is 219 Å². The van der Waals surface area contributed by atoms with Gasteiger partial charge < -0.3 is 28.5 Å². The van der Waals surface area contributed by atoms with Crippen LogP contribution in [0.4, 0.5) is 11.4 Å². The number of unbranched alkanes of at least 4 members (excludes halogenated alkanes) is 8. The van der Waals surface area contributed by atoms with Crippen LogP contribution in [0.5, 0.6) is 11.5 Å². The summed E-state index contributed by atoms with van der Waals surface area (Å²) in [5.74, 6) is 1.24. The van der Waals surface area contributed by atoms with E-state index in [-0.39, 0.29) is 9.74 Å². The van der Waals surface area contributed by atoms with Crippen LogP contribution in [-0.4, -0.2) is 83.6 Å². The molecule has 0 aliphatic rings. The highest BCUT2D eigenvalue weighted by Gasteiger charge is 2.32. The zero-order valence-corrected chi connectivity index (χ0v) is 57.1. The molecule has 0 bridgehead atoms. The summed E-state index contributed by atoms with van der Waals surface area (Å²) in [4.78, 5) is 30.2. The van der Waals surface area contributed by atoms with Crippen LogP contribution in [0.15, 0.2) is 127 Å². The Bertz CT molecular complexity index is 2620. The topological polar surface area (TPSA) is 70.1 Å². The van der Waals surface area contributed by atoms with E-state index in [1.165, 1.54) is 154 Å². The van der Waals surface area contributed by atoms with Crippen LogP contribution in [0.3, 0.4) is 0 Å². The number of aromatic hydroxyl groups is 1. The number of phenolic OH excluding ortho intramolecular Hbond substituents is 1. The summed E-state index contributed by atoms with van der Waals surface area (Å²) in [7, 11) is -1.83. The first kappa shape index (κ1) is 75.5. The highest BCUT2D eigenvalue weighted by Crippen LogP contribution is 2.35. The van der Waals surface area contributed by atoms with E-state index >= 15 is 0 Å². The lowest BCUT2D eigenvalue weighted by molar-refractivity contribution is -0.929. The number of quaternary nitrogens is 1. The molecule has 0 saturated carbocycles. The van der Waals surface area contributed by atoms with E-state index in [4.69, 9.17) is 4.43 Å². The largest absolute Gasteiger partial charge is 1.00 e. The number of benzene rings is 4. The fourth-order valence-electron chi connectivity index (χ4n) is 9.88. The molecule has 2 aromatic heterocycles. The third-order valence-corrected chi connectivity index (χ3v) is 20.0. The van der Waals surface area contributed by atoms with E-state index in [0.29, 0.717) is 10.6 Å². The van der Waals surface area contributed by atoms with Gasteiger partial charge in [0.15, 0.2) is 12.6 Å². The molecule has 1 N–H and O–H groups in total. The number of hydrogen-bond acceptors (Lipinski definition) is 8. The van der Waals surface area contributed by atoms with Crippen LogP contribution in [0.2, 0.25) is 5.04 Å². The van der Waals surface area contributed by atoms with E-state index in [9.17, 15) is 14.7 Å². The number of carbonyl (C=O) groups excluding carboxylic acids is 2. The van der Waals surface area contributed by atoms with Crippen molar-refractivity contribution in [1.82, 2.24) is 0 Å². The maximum Gasteiger partial charge on any atom is 0.272 e. The number of aldehydes is 2. The van der Waals surface area contributed by atoms with Gasteiger partial charge in [-0.15, -0.1) is 22.7 Å². The molecule has 1 unspecified atom stereocenters. The lowest BCUT2D eigenvalue weighted by atomic mass is 10.1. The minimum absolute atomic E-state index is 0. The number of thiophene rings is 2. The van der Waals surface area contributed by atoms with Crippen LogP contribution in [0.25, 0.3) is 24.3 Å². The van der Waals surface area contributed by atoms with Crippen molar-refractivity contribution in [1.29, 1.82) is 0 Å². The molecule has 468 valence electrons. The van der Waals surface area contributed by atoms with Crippen LogP contribution in [-0.2, 0) is 0 Å². The first-order chi connectivity index (χ1) is 40.8. The molecule has 2 heterocycles. The quantitative estimate of drug-likeness (QED) is 0.0243. The smallest absolute Gasteiger partial charge is 0.272 e. The standard InChI is InChI=1S/C31H41NO2SSi.C21H27NO2S.C16H36N.C6H6.FH/c1-6-8-21-32(22-9-7-2)26-17-15-25(16-18-27-19-20-28(24-33)35-27)30(23-26)34-36(31(3,4)5)29-13-11-10-12-14-29;1-3-5-13-22(14-6-4-2)18-9-7-17(21(24)15-18)8-10-19-11-12-20(16-23)25-19;1-5-9-13-17(14-10-6-2,15-11-7-3)16-12-8-4;1-2-4-6-5-3-1;/h10-20,23-24,36H,6-9,21-22H2,1-5H3;7-12,15-16,24H,3-6,13-14H2,1-2H3;5-16H2,1-4H3;1-6H;1H/q;;+1;;/p-1/b18-16+;10-8+;;;. The number of hydrogen-bond donors (Lipinski definition) is 1. The van der Waals surface area contributed by atoms with Crippen molar-refractivity contribution in [2.45, 2.75) is 184 Å². The number of carbonyl (C=O) groups is 2. The fraction of sp³-hybridized carbons (Fsp3) is 0.486. The zero-order valence-electron chi connectivity index (χ0n) is 54.3. The molecule has 0 fully saturated rings. The third kappa shape index (κ3) is 29.6. The van der Waals surface area contributed by atoms with E-state index < -0.39 is 9.04 Å². The molecule has 85 heavy (non-hydrogen) atoms. The van der Waals surface area contributed by atoms with Gasteiger partial charge in [-0.1, -0.05) is 194 Å². The Labute approximate surface area is 526 Å². The molecule has 1 atom stereocenters. The second-order valence-corrected chi connectivity index (χ2v) is 29.0. The van der Waals surface area contributed by atoms with Crippen LogP contribution < -0.4 is 24.1 Å². The Morgan fingerprint density at radius 2 is 0.812 bits per heavy atom. The van der Waals surface area contributed by atoms with Crippen molar-refractivity contribution in [2.75, 3.05) is 62.2 Å². The molecule has 0 saturated heterocycles. The van der Waals surface area contributed by atoms with E-state index in [2.05, 4.69) is 153 Å². The number of phenols is 1. The molecule has 11 heteroatoms. The normalized spacial score (nSPS) is 11.6. The van der Waals surface area contributed by atoms with Gasteiger partial charge in [0, 0.05) is 70.6 Å². The predicted octanol–water partition coefficient (Wildman–Crippen LogP) is 17.5. The van der Waals surface area contributed by atoms with Crippen LogP contribution >= 0.6 is 22.7 Å². The molecule has 6 rings (SSSR count). The molecule has 0 spiro atoms. The number of rotatable bonds is 35. The van der Waals surface area contributed by atoms with Gasteiger partial charge in [0.05, 0.1) is 35.9 Å². The summed E-state index contributed by atoms with van der Waals surface area (Å²) in [5.41, 5.74) is 4.17. The van der Waals surface area contributed by atoms with Crippen molar-refractivity contribution < 1.29 is 28.3 Å². The fourth-order valence-corrected chi connectivity index (χ4v) is 13.9. The van der Waals surface area contributed by atoms with Crippen molar-refractivity contribution in [2.24, 2.45) is 0 Å². The summed E-state index contributed by atoms with van der Waals surface area (Å²) in [5, 5.41) is 11.8. The summed E-state index contributed by atoms with van der Waals surface area (Å²) >= 11 is 2.94. The van der Waals surface area contributed by atoms with E-state index in [0.717, 1.165) is 88.8 Å². The summed E-state index contributed by atoms with van der Waals surface area (Å²) in [6.45, 7) is 35.0. The average Bonchev–Trinajstić information content (AvgIpc) is 4.35. The molecule has 6 aromatic rings. The SMILES string of the molecule is CCCCN(CCCC)c1ccc(/C=C/c2ccc(C=O)s2)c(O)c1.CCCCN(CCCC)c1ccc(/C=C/c2ccc(C=O)s2)c(O[SiH](c2ccccc2)C(C)(C)C)c1.CCCC[N+](CCCC)(CCCC)CCCC.[F-].c1ccccc1. The Morgan fingerprint density at radius 3 is 1.16 bits per heavy atom. The lowest BCUT2D eigenvalue weighted by Crippen LogP contribution is -3.00. The van der Waals surface area contributed by atoms with Gasteiger partial charge in [0.25, 0.3) is 9.04 Å². The van der Waals surface area contributed by atoms with Crippen molar-refractivity contribution in [3.8, 4) is 11.5 Å². The lowest BCUT2D eigenvalue weighted by Gasteiger charge is -2.39. The number of halogens is 1. The van der Waals surface area contributed by atoms with Gasteiger partial charge in [0.2, 0.25) is 0 Å². The Morgan fingerprint density at radius 1 is 0.459 bits per heavy atom. The van der Waals surface area contributed by atoms with Gasteiger partial charge in [-0.3, -0.25) is 9.59 Å². The molecule has 7 nitrogen and oxygen atoms in total. The average molecular weight is 1220 g/mol. The molecule has 0 aliphatic heterocycles. The monoisotopic (exact) mass is 1220 g/mol. The highest BCUT2D eigenvalue weighted by atomic mass is 32.1. The summed E-state index contributed by atoms with van der Waals surface area (Å²) in [6, 6.07) is 42.9. The van der Waals surface area contributed by atoms with Crippen molar-refractivity contribution >= 4 is 85.2 Å². The Hall–Kier alpha value is -5.59. The second kappa shape index (κ2) is 44.8. The van der Waals surface area contributed by atoms with Gasteiger partial charge in [-0.2, -0.15) is 0 Å². The first-order valence-corrected chi connectivity index (χ1v) is 35.5. The molecular formula is C74H110FN3O4S2Si. The summed E-state index contributed by atoms with van der Waals surface area (Å²) < 4.78 is 8.44. The minimum atomic E-state index is -1.83. The van der Waals surface area contributed by atoms with Gasteiger partial charge in [-0.05, 0) is 134 Å². The molecular weight excluding hydrogens is 1110 g/mol. The molecule has 4 aromatic carbocycles. The van der Waals surface area contributed by atoms with E-state index in [1.54, 1.807) is 6.07 Å². The first-order valence-electron chi connectivity index (χ1n) is 32.3. The zero-order chi connectivity index (χ0) is 61.3. The van der Waals surface area contributed by atoms with Crippen LogP contribution in [0, 0.1) is 0 Å². The second-order valence-electron chi connectivity index (χ2n) is 23.3. The van der Waals surface area contributed by atoms with Crippen molar-refractivity contribution in [3.63, 3.8) is 0 Å². The third-order valence-electron chi connectivity index (χ3n) is 15.0. The molecule has 0 radical (unpaired) electrons. The van der Waals surface area contributed by atoms with Gasteiger partial charge in [0.1, 0.15) is 11.5 Å². The summed E-state index contributed by atoms with van der Waals surface area (Å²) in [6.07, 6.45) is 30.2. The molecule has 0 amide bonds. The number of anilines is 2. The predicted molar refractivity (Wildman–Crippen MR) is 375 cm³/mol. The maximum atomic E-state index is 11.1.